The Balaban J connectivity index is 1.90. The van der Waals surface area contributed by atoms with Gasteiger partial charge in [0.2, 0.25) is 11.8 Å². The van der Waals surface area contributed by atoms with Crippen LogP contribution in [0.2, 0.25) is 0 Å². The highest BCUT2D eigenvalue weighted by Gasteiger charge is 2.21. The Hall–Kier alpha value is -1.99. The van der Waals surface area contributed by atoms with Crippen LogP contribution in [0.5, 0.6) is 0 Å². The lowest BCUT2D eigenvalue weighted by atomic mass is 10.1. The third kappa shape index (κ3) is 3.61. The minimum atomic E-state index is -2.73. The van der Waals surface area contributed by atoms with Crippen molar-refractivity contribution in [1.82, 2.24) is 20.0 Å². The molecule has 1 fully saturated rings. The summed E-state index contributed by atoms with van der Waals surface area (Å²) in [4.78, 5) is 25.4. The average Bonchev–Trinajstić information content (AvgIpc) is 3.08. The molecule has 1 aliphatic rings. The predicted octanol–water partition coefficient (Wildman–Crippen LogP) is 1.18. The van der Waals surface area contributed by atoms with E-state index in [1.54, 1.807) is 11.8 Å². The van der Waals surface area contributed by atoms with Gasteiger partial charge in [0.1, 0.15) is 0 Å². The van der Waals surface area contributed by atoms with E-state index in [1.807, 2.05) is 0 Å². The van der Waals surface area contributed by atoms with Crippen LogP contribution in [0.4, 0.5) is 8.78 Å². The molecule has 0 radical (unpaired) electrons. The zero-order chi connectivity index (χ0) is 16.3. The summed E-state index contributed by atoms with van der Waals surface area (Å²) in [5.41, 5.74) is 1.15. The zero-order valence-corrected chi connectivity index (χ0v) is 12.7. The maximum atomic E-state index is 12.7. The highest BCUT2D eigenvalue weighted by molar-refractivity contribution is 5.86. The normalized spacial score (nSPS) is 14.7. The second kappa shape index (κ2) is 6.85. The van der Waals surface area contributed by atoms with Gasteiger partial charge in [0, 0.05) is 24.3 Å². The zero-order valence-electron chi connectivity index (χ0n) is 12.7. The lowest BCUT2D eigenvalue weighted by Crippen LogP contribution is -2.39. The summed E-state index contributed by atoms with van der Waals surface area (Å²) >= 11 is 0. The van der Waals surface area contributed by atoms with Gasteiger partial charge < -0.3 is 10.2 Å². The lowest BCUT2D eigenvalue weighted by Gasteiger charge is -2.15. The van der Waals surface area contributed by atoms with Crippen molar-refractivity contribution >= 4 is 11.8 Å². The molecule has 1 aliphatic heterocycles. The maximum Gasteiger partial charge on any atom is 0.333 e. The molecule has 6 nitrogen and oxygen atoms in total. The van der Waals surface area contributed by atoms with E-state index in [1.165, 1.54) is 6.92 Å². The number of hydrogen-bond acceptors (Lipinski definition) is 3. The Bertz CT molecular complexity index is 565. The van der Waals surface area contributed by atoms with Gasteiger partial charge in [-0.3, -0.25) is 9.59 Å². The number of halogens is 2. The van der Waals surface area contributed by atoms with Crippen molar-refractivity contribution in [2.75, 3.05) is 19.6 Å². The van der Waals surface area contributed by atoms with Gasteiger partial charge in [0.25, 0.3) is 0 Å². The van der Waals surface area contributed by atoms with E-state index >= 15 is 0 Å². The van der Waals surface area contributed by atoms with Gasteiger partial charge in [-0.05, 0) is 26.7 Å². The van der Waals surface area contributed by atoms with E-state index in [-0.39, 0.29) is 30.5 Å². The number of aromatic nitrogens is 2. The van der Waals surface area contributed by atoms with Crippen molar-refractivity contribution in [2.45, 2.75) is 39.7 Å². The van der Waals surface area contributed by atoms with Crippen LogP contribution < -0.4 is 5.32 Å². The third-order valence-corrected chi connectivity index (χ3v) is 3.89. The second-order valence-electron chi connectivity index (χ2n) is 5.41. The lowest BCUT2D eigenvalue weighted by molar-refractivity contribution is -0.131. The number of amides is 2. The molecule has 1 aromatic heterocycles. The first-order chi connectivity index (χ1) is 10.4. The van der Waals surface area contributed by atoms with E-state index in [9.17, 15) is 18.4 Å². The van der Waals surface area contributed by atoms with Crippen LogP contribution in [0.25, 0.3) is 0 Å². The minimum absolute atomic E-state index is 0.0556. The third-order valence-electron chi connectivity index (χ3n) is 3.89. The molecule has 22 heavy (non-hydrogen) atoms. The summed E-state index contributed by atoms with van der Waals surface area (Å²) in [5.74, 6) is -0.477. The summed E-state index contributed by atoms with van der Waals surface area (Å²) in [6, 6.07) is 0. The maximum absolute atomic E-state index is 12.7. The molecule has 0 unspecified atom stereocenters. The molecular formula is C14H20F2N4O2. The molecule has 0 spiro atoms. The molecule has 1 aromatic rings. The van der Waals surface area contributed by atoms with Crippen LogP contribution in [0, 0.1) is 13.8 Å². The fourth-order valence-corrected chi connectivity index (χ4v) is 2.62. The van der Waals surface area contributed by atoms with Crippen LogP contribution in [0.3, 0.4) is 0 Å². The van der Waals surface area contributed by atoms with Crippen molar-refractivity contribution in [1.29, 1.82) is 0 Å². The Kier molecular flexibility index (Phi) is 5.10. The van der Waals surface area contributed by atoms with Crippen molar-refractivity contribution < 1.29 is 18.4 Å². The van der Waals surface area contributed by atoms with Crippen LogP contribution in [0.15, 0.2) is 0 Å². The molecule has 0 aromatic carbocycles. The van der Waals surface area contributed by atoms with E-state index < -0.39 is 6.55 Å². The molecule has 0 atom stereocenters. The van der Waals surface area contributed by atoms with Crippen molar-refractivity contribution in [3.8, 4) is 0 Å². The minimum Gasteiger partial charge on any atom is -0.347 e. The van der Waals surface area contributed by atoms with E-state index in [0.717, 1.165) is 25.9 Å². The SMILES string of the molecule is Cc1nn(C(F)F)c(C)c1CC(=O)NCC(=O)N1CCCC1. The van der Waals surface area contributed by atoms with E-state index in [0.29, 0.717) is 15.9 Å². The number of hydrogen-bond donors (Lipinski definition) is 1. The second-order valence-corrected chi connectivity index (χ2v) is 5.41. The average molecular weight is 314 g/mol. The molecule has 2 amide bonds. The first kappa shape index (κ1) is 16.4. The molecule has 122 valence electrons. The van der Waals surface area contributed by atoms with Gasteiger partial charge in [-0.15, -0.1) is 0 Å². The summed E-state index contributed by atoms with van der Waals surface area (Å²) < 4.78 is 26.1. The summed E-state index contributed by atoms with van der Waals surface area (Å²) in [6.45, 7) is 1.77. The Morgan fingerprint density at radius 1 is 1.27 bits per heavy atom. The summed E-state index contributed by atoms with van der Waals surface area (Å²) in [7, 11) is 0. The molecule has 2 rings (SSSR count). The van der Waals surface area contributed by atoms with Crippen molar-refractivity contribution in [3.63, 3.8) is 0 Å². The monoisotopic (exact) mass is 314 g/mol. The Morgan fingerprint density at radius 2 is 1.91 bits per heavy atom. The van der Waals surface area contributed by atoms with Crippen molar-refractivity contribution in [2.24, 2.45) is 0 Å². The topological polar surface area (TPSA) is 67.2 Å². The molecule has 0 bridgehead atoms. The van der Waals surface area contributed by atoms with Gasteiger partial charge in [-0.25, -0.2) is 4.68 Å². The van der Waals surface area contributed by atoms with Crippen LogP contribution in [-0.4, -0.2) is 46.1 Å². The number of alkyl halides is 2. The molecule has 1 N–H and O–H groups in total. The number of nitrogens with zero attached hydrogens (tertiary/aromatic N) is 3. The molecule has 0 aliphatic carbocycles. The fourth-order valence-electron chi connectivity index (χ4n) is 2.62. The smallest absolute Gasteiger partial charge is 0.333 e. The van der Waals surface area contributed by atoms with Crippen molar-refractivity contribution in [3.05, 3.63) is 17.0 Å². The molecular weight excluding hydrogens is 294 g/mol. The van der Waals surface area contributed by atoms with Gasteiger partial charge in [0.05, 0.1) is 18.7 Å². The predicted molar refractivity (Wildman–Crippen MR) is 75.5 cm³/mol. The Labute approximate surface area is 127 Å². The number of carbonyl (C=O) groups is 2. The quantitative estimate of drug-likeness (QED) is 0.887. The first-order valence-corrected chi connectivity index (χ1v) is 7.27. The number of aryl methyl sites for hydroxylation is 1. The number of rotatable bonds is 5. The number of likely N-dealkylation sites (tertiary alicyclic amines) is 1. The summed E-state index contributed by atoms with van der Waals surface area (Å²) in [5, 5.41) is 6.28. The fraction of sp³-hybridized carbons (Fsp3) is 0.643. The van der Waals surface area contributed by atoms with Gasteiger partial charge in [-0.1, -0.05) is 0 Å². The van der Waals surface area contributed by atoms with Crippen LogP contribution in [-0.2, 0) is 16.0 Å². The largest absolute Gasteiger partial charge is 0.347 e. The number of carbonyl (C=O) groups excluding carboxylic acids is 2. The highest BCUT2D eigenvalue weighted by Crippen LogP contribution is 2.19. The number of nitrogens with one attached hydrogen (secondary N) is 1. The van der Waals surface area contributed by atoms with E-state index in [4.69, 9.17) is 0 Å². The Morgan fingerprint density at radius 3 is 2.45 bits per heavy atom. The molecule has 2 heterocycles. The van der Waals surface area contributed by atoms with E-state index in [2.05, 4.69) is 10.4 Å². The molecule has 8 heteroatoms. The first-order valence-electron chi connectivity index (χ1n) is 7.27. The van der Waals surface area contributed by atoms with Gasteiger partial charge in [-0.2, -0.15) is 13.9 Å². The van der Waals surface area contributed by atoms with Crippen LogP contribution >= 0.6 is 0 Å². The van der Waals surface area contributed by atoms with Crippen LogP contribution in [0.1, 0.15) is 36.3 Å². The van der Waals surface area contributed by atoms with Gasteiger partial charge >= 0.3 is 6.55 Å². The van der Waals surface area contributed by atoms with Gasteiger partial charge in [0.15, 0.2) is 0 Å². The standard InChI is InChI=1S/C14H20F2N4O2/c1-9-11(10(2)20(18-9)14(15)16)7-12(21)17-8-13(22)19-5-3-4-6-19/h14H,3-8H2,1-2H3,(H,17,21). The highest BCUT2D eigenvalue weighted by atomic mass is 19.3. The molecule has 0 saturated carbocycles. The summed E-state index contributed by atoms with van der Waals surface area (Å²) in [6.07, 6.45) is 1.92. The molecule has 1 saturated heterocycles.